The lowest BCUT2D eigenvalue weighted by atomic mass is 10.2. The molecule has 21 heavy (non-hydrogen) atoms. The summed E-state index contributed by atoms with van der Waals surface area (Å²) >= 11 is 0. The SMILES string of the molecule is CC[C@H](C)OC(=O)[C@H](C)NC(=O)c1nccc(OC)c1O. The van der Waals surface area contributed by atoms with E-state index in [0.717, 1.165) is 0 Å². The van der Waals surface area contributed by atoms with E-state index in [1.165, 1.54) is 26.3 Å². The van der Waals surface area contributed by atoms with Crippen LogP contribution in [0.3, 0.4) is 0 Å². The number of hydrogen-bond acceptors (Lipinski definition) is 6. The number of esters is 1. The van der Waals surface area contributed by atoms with Crippen molar-refractivity contribution in [3.05, 3.63) is 18.0 Å². The Bertz CT molecular complexity index is 518. The molecule has 1 aromatic rings. The molecule has 0 unspecified atom stereocenters. The molecule has 0 spiro atoms. The normalized spacial score (nSPS) is 13.1. The highest BCUT2D eigenvalue weighted by molar-refractivity contribution is 5.97. The smallest absolute Gasteiger partial charge is 0.328 e. The van der Waals surface area contributed by atoms with Gasteiger partial charge in [-0.3, -0.25) is 4.79 Å². The minimum Gasteiger partial charge on any atom is -0.503 e. The molecule has 1 amide bonds. The molecule has 0 aromatic carbocycles. The summed E-state index contributed by atoms with van der Waals surface area (Å²) in [6, 6.07) is 0.575. The minimum atomic E-state index is -0.848. The molecule has 0 saturated carbocycles. The van der Waals surface area contributed by atoms with Gasteiger partial charge in [0.25, 0.3) is 5.91 Å². The summed E-state index contributed by atoms with van der Waals surface area (Å²) in [4.78, 5) is 27.5. The Labute approximate surface area is 123 Å². The summed E-state index contributed by atoms with van der Waals surface area (Å²) in [7, 11) is 1.36. The molecule has 7 heteroatoms. The van der Waals surface area contributed by atoms with E-state index in [-0.39, 0.29) is 23.3 Å². The number of amides is 1. The maximum atomic E-state index is 12.0. The third-order valence-electron chi connectivity index (χ3n) is 2.92. The molecule has 0 aliphatic carbocycles. The largest absolute Gasteiger partial charge is 0.503 e. The fourth-order valence-electron chi connectivity index (χ4n) is 1.47. The van der Waals surface area contributed by atoms with Crippen LogP contribution in [0.25, 0.3) is 0 Å². The molecule has 1 rings (SSSR count). The summed E-state index contributed by atoms with van der Waals surface area (Å²) in [5, 5.41) is 12.3. The van der Waals surface area contributed by atoms with Crippen LogP contribution < -0.4 is 10.1 Å². The van der Waals surface area contributed by atoms with Gasteiger partial charge in [-0.25, -0.2) is 9.78 Å². The predicted molar refractivity (Wildman–Crippen MR) is 75.2 cm³/mol. The molecular weight excluding hydrogens is 276 g/mol. The van der Waals surface area contributed by atoms with Crippen molar-refractivity contribution in [2.24, 2.45) is 0 Å². The van der Waals surface area contributed by atoms with E-state index in [4.69, 9.17) is 9.47 Å². The summed E-state index contributed by atoms with van der Waals surface area (Å²) in [5.74, 6) is -1.47. The summed E-state index contributed by atoms with van der Waals surface area (Å²) in [6.45, 7) is 5.15. The van der Waals surface area contributed by atoms with Gasteiger partial charge in [-0.1, -0.05) is 6.92 Å². The van der Waals surface area contributed by atoms with Gasteiger partial charge < -0.3 is 19.9 Å². The van der Waals surface area contributed by atoms with Crippen molar-refractivity contribution in [1.82, 2.24) is 10.3 Å². The second-order valence-corrected chi connectivity index (χ2v) is 4.56. The Hall–Kier alpha value is -2.31. The first-order valence-electron chi connectivity index (χ1n) is 6.64. The fourth-order valence-corrected chi connectivity index (χ4v) is 1.47. The molecule has 0 radical (unpaired) electrons. The van der Waals surface area contributed by atoms with Gasteiger partial charge in [0.2, 0.25) is 0 Å². The monoisotopic (exact) mass is 296 g/mol. The van der Waals surface area contributed by atoms with E-state index in [1.807, 2.05) is 6.92 Å². The first-order valence-corrected chi connectivity index (χ1v) is 6.64. The second kappa shape index (κ2) is 7.47. The lowest BCUT2D eigenvalue weighted by molar-refractivity contribution is -0.150. The maximum Gasteiger partial charge on any atom is 0.328 e. The number of carbonyl (C=O) groups is 2. The Morgan fingerprint density at radius 3 is 2.67 bits per heavy atom. The van der Waals surface area contributed by atoms with Gasteiger partial charge in [0, 0.05) is 12.3 Å². The van der Waals surface area contributed by atoms with Gasteiger partial charge in [0.05, 0.1) is 13.2 Å². The standard InChI is InChI=1S/C14H20N2O5/c1-5-8(2)21-14(19)9(3)16-13(18)11-12(17)10(20-4)6-7-15-11/h6-9,17H,5H2,1-4H3,(H,16,18)/t8-,9-/m0/s1. The second-order valence-electron chi connectivity index (χ2n) is 4.56. The number of carbonyl (C=O) groups excluding carboxylic acids is 2. The number of aromatic nitrogens is 1. The van der Waals surface area contributed by atoms with Crippen molar-refractivity contribution < 1.29 is 24.2 Å². The highest BCUT2D eigenvalue weighted by atomic mass is 16.5. The zero-order valence-corrected chi connectivity index (χ0v) is 12.5. The van der Waals surface area contributed by atoms with E-state index in [0.29, 0.717) is 6.42 Å². The van der Waals surface area contributed by atoms with Gasteiger partial charge in [-0.05, 0) is 20.3 Å². The van der Waals surface area contributed by atoms with Crippen molar-refractivity contribution in [2.75, 3.05) is 7.11 Å². The van der Waals surface area contributed by atoms with Gasteiger partial charge in [0.1, 0.15) is 6.04 Å². The van der Waals surface area contributed by atoms with Crippen LogP contribution in [-0.4, -0.2) is 41.2 Å². The third-order valence-corrected chi connectivity index (χ3v) is 2.92. The first-order chi connectivity index (χ1) is 9.90. The first kappa shape index (κ1) is 16.7. The fraction of sp³-hybridized carbons (Fsp3) is 0.500. The number of methoxy groups -OCH3 is 1. The number of ether oxygens (including phenoxy) is 2. The van der Waals surface area contributed by atoms with Crippen LogP contribution >= 0.6 is 0 Å². The quantitative estimate of drug-likeness (QED) is 0.767. The molecule has 1 aromatic heterocycles. The van der Waals surface area contributed by atoms with Crippen molar-refractivity contribution in [2.45, 2.75) is 39.3 Å². The molecule has 116 valence electrons. The predicted octanol–water partition coefficient (Wildman–Crippen LogP) is 1.26. The van der Waals surface area contributed by atoms with Crippen LogP contribution in [-0.2, 0) is 9.53 Å². The van der Waals surface area contributed by atoms with Crippen molar-refractivity contribution in [3.63, 3.8) is 0 Å². The zero-order valence-electron chi connectivity index (χ0n) is 12.5. The third kappa shape index (κ3) is 4.34. The molecule has 0 aliphatic rings. The number of nitrogens with zero attached hydrogens (tertiary/aromatic N) is 1. The van der Waals surface area contributed by atoms with Gasteiger partial charge in [-0.15, -0.1) is 0 Å². The van der Waals surface area contributed by atoms with Gasteiger partial charge in [-0.2, -0.15) is 0 Å². The van der Waals surface area contributed by atoms with Crippen LogP contribution in [0.15, 0.2) is 12.3 Å². The molecule has 1 heterocycles. The highest BCUT2D eigenvalue weighted by Gasteiger charge is 2.23. The summed E-state index contributed by atoms with van der Waals surface area (Å²) in [5.41, 5.74) is -0.211. The van der Waals surface area contributed by atoms with Gasteiger partial charge in [0.15, 0.2) is 17.2 Å². The Morgan fingerprint density at radius 2 is 2.10 bits per heavy atom. The van der Waals surface area contributed by atoms with E-state index < -0.39 is 17.9 Å². The van der Waals surface area contributed by atoms with E-state index in [9.17, 15) is 14.7 Å². The average molecular weight is 296 g/mol. The molecule has 2 atom stereocenters. The molecular formula is C14H20N2O5. The minimum absolute atomic E-state index is 0.130. The number of nitrogens with one attached hydrogen (secondary N) is 1. The molecule has 0 bridgehead atoms. The molecule has 2 N–H and O–H groups in total. The molecule has 0 fully saturated rings. The van der Waals surface area contributed by atoms with Crippen molar-refractivity contribution in [1.29, 1.82) is 0 Å². The number of aromatic hydroxyl groups is 1. The van der Waals surface area contributed by atoms with Crippen LogP contribution in [0.5, 0.6) is 11.5 Å². The topological polar surface area (TPSA) is 97.8 Å². The van der Waals surface area contributed by atoms with Crippen LogP contribution in [0.2, 0.25) is 0 Å². The number of rotatable bonds is 6. The van der Waals surface area contributed by atoms with Gasteiger partial charge >= 0.3 is 5.97 Å². The molecule has 0 saturated heterocycles. The summed E-state index contributed by atoms with van der Waals surface area (Å²) in [6.07, 6.45) is 1.79. The van der Waals surface area contributed by atoms with E-state index >= 15 is 0 Å². The van der Waals surface area contributed by atoms with Crippen LogP contribution in [0.1, 0.15) is 37.7 Å². The molecule has 7 nitrogen and oxygen atoms in total. The van der Waals surface area contributed by atoms with Crippen molar-refractivity contribution >= 4 is 11.9 Å². The Balaban J connectivity index is 2.75. The lowest BCUT2D eigenvalue weighted by Crippen LogP contribution is -2.40. The Morgan fingerprint density at radius 1 is 1.43 bits per heavy atom. The molecule has 0 aliphatic heterocycles. The Kier molecular flexibility index (Phi) is 5.95. The van der Waals surface area contributed by atoms with E-state index in [1.54, 1.807) is 6.92 Å². The summed E-state index contributed by atoms with van der Waals surface area (Å²) < 4.78 is 10.0. The van der Waals surface area contributed by atoms with Crippen molar-refractivity contribution in [3.8, 4) is 11.5 Å². The average Bonchev–Trinajstić information content (AvgIpc) is 2.46. The van der Waals surface area contributed by atoms with Crippen LogP contribution in [0, 0.1) is 0 Å². The van der Waals surface area contributed by atoms with Crippen LogP contribution in [0.4, 0.5) is 0 Å². The zero-order chi connectivity index (χ0) is 16.0. The maximum absolute atomic E-state index is 12.0. The lowest BCUT2D eigenvalue weighted by Gasteiger charge is -2.17. The number of hydrogen-bond donors (Lipinski definition) is 2. The van der Waals surface area contributed by atoms with E-state index in [2.05, 4.69) is 10.3 Å². The highest BCUT2D eigenvalue weighted by Crippen LogP contribution is 2.27. The number of pyridine rings is 1.